The topological polar surface area (TPSA) is 62.5 Å². The highest BCUT2D eigenvalue weighted by Gasteiger charge is 2.29. The van der Waals surface area contributed by atoms with E-state index in [2.05, 4.69) is 53.7 Å². The molecule has 0 bridgehead atoms. The average Bonchev–Trinajstić information content (AvgIpc) is 3.54. The lowest BCUT2D eigenvalue weighted by Gasteiger charge is -2.34. The molecular weight excluding hydrogens is 498 g/mol. The maximum Gasteiger partial charge on any atom is 0.329 e. The number of hydrogen-bond acceptors (Lipinski definition) is 3. The number of carbonyl (C=O) groups is 1. The zero-order chi connectivity index (χ0) is 27.5. The number of rotatable bonds is 7. The van der Waals surface area contributed by atoms with Crippen LogP contribution < -0.4 is 11.0 Å². The van der Waals surface area contributed by atoms with Gasteiger partial charge in [0.05, 0.1) is 17.1 Å². The monoisotopic (exact) mass is 537 g/mol. The number of para-hydroxylation sites is 2. The number of aryl methyl sites for hydroxylation is 1. The number of nitrogens with one attached hydrogen (secondary N) is 1. The Labute approximate surface area is 236 Å². The van der Waals surface area contributed by atoms with E-state index in [0.717, 1.165) is 54.5 Å². The standard InChI is InChI=1S/C33H39N5O2/c1-35-21-10-15-27(35)20-24-37-29-16-8-9-17-30(29)38(33(37)40)28-18-22-36(23-19-28)32(39)34-31(25-11-4-2-5-12-25)26-13-6-3-7-14-26/h2-9,11-14,16-17,27-28,31H,10,15,18-24H2,1H3,(H,34,39). The first kappa shape index (κ1) is 26.4. The lowest BCUT2D eigenvalue weighted by atomic mass is 9.99. The van der Waals surface area contributed by atoms with Gasteiger partial charge in [0.25, 0.3) is 0 Å². The molecule has 1 N–H and O–H groups in total. The van der Waals surface area contributed by atoms with Gasteiger partial charge in [0, 0.05) is 31.7 Å². The van der Waals surface area contributed by atoms with Crippen molar-refractivity contribution in [1.82, 2.24) is 24.3 Å². The second-order valence-electron chi connectivity index (χ2n) is 11.3. The molecule has 0 radical (unpaired) electrons. The minimum absolute atomic E-state index is 0.0633. The molecule has 208 valence electrons. The summed E-state index contributed by atoms with van der Waals surface area (Å²) in [5.74, 6) is 0. The Bertz CT molecular complexity index is 1450. The van der Waals surface area contributed by atoms with E-state index in [4.69, 9.17) is 0 Å². The molecule has 2 amide bonds. The summed E-state index contributed by atoms with van der Waals surface area (Å²) in [6, 6.07) is 28.7. The van der Waals surface area contributed by atoms with E-state index in [1.165, 1.54) is 12.8 Å². The van der Waals surface area contributed by atoms with Crippen molar-refractivity contribution in [3.8, 4) is 0 Å². The van der Waals surface area contributed by atoms with Crippen molar-refractivity contribution in [3.63, 3.8) is 0 Å². The van der Waals surface area contributed by atoms with Crippen molar-refractivity contribution in [2.24, 2.45) is 0 Å². The van der Waals surface area contributed by atoms with E-state index in [1.54, 1.807) is 0 Å². The smallest absolute Gasteiger partial charge is 0.327 e. The fourth-order valence-corrected chi connectivity index (χ4v) is 6.62. The highest BCUT2D eigenvalue weighted by Crippen LogP contribution is 2.28. The molecule has 2 aliphatic rings. The number of piperidine rings is 1. The van der Waals surface area contributed by atoms with Crippen LogP contribution in [0.5, 0.6) is 0 Å². The number of amides is 2. The third kappa shape index (κ3) is 5.30. The Hall–Kier alpha value is -3.84. The Morgan fingerprint density at radius 2 is 1.43 bits per heavy atom. The molecule has 2 fully saturated rings. The molecule has 1 atom stereocenters. The van der Waals surface area contributed by atoms with E-state index in [-0.39, 0.29) is 23.8 Å². The molecule has 0 aliphatic carbocycles. The molecule has 6 rings (SSSR count). The zero-order valence-electron chi connectivity index (χ0n) is 23.3. The Balaban J connectivity index is 1.16. The number of likely N-dealkylation sites (tertiary alicyclic amines) is 2. The number of urea groups is 1. The van der Waals surface area contributed by atoms with Crippen LogP contribution in [0.15, 0.2) is 89.7 Å². The third-order valence-electron chi connectivity index (χ3n) is 8.88. The lowest BCUT2D eigenvalue weighted by Crippen LogP contribution is -2.46. The van der Waals surface area contributed by atoms with Crippen molar-refractivity contribution < 1.29 is 4.79 Å². The predicted octanol–water partition coefficient (Wildman–Crippen LogP) is 5.42. The highest BCUT2D eigenvalue weighted by atomic mass is 16.2. The van der Waals surface area contributed by atoms with Gasteiger partial charge in [0.2, 0.25) is 0 Å². The summed E-state index contributed by atoms with van der Waals surface area (Å²) in [7, 11) is 2.19. The maximum atomic E-state index is 13.8. The molecule has 3 aromatic carbocycles. The number of fused-ring (bicyclic) bond motifs is 1. The Kier molecular flexibility index (Phi) is 7.73. The summed E-state index contributed by atoms with van der Waals surface area (Å²) in [5, 5.41) is 3.28. The van der Waals surface area contributed by atoms with Crippen LogP contribution in [-0.2, 0) is 6.54 Å². The first-order valence-electron chi connectivity index (χ1n) is 14.7. The van der Waals surface area contributed by atoms with Crippen LogP contribution in [0.2, 0.25) is 0 Å². The van der Waals surface area contributed by atoms with Gasteiger partial charge < -0.3 is 15.1 Å². The number of hydrogen-bond donors (Lipinski definition) is 1. The van der Waals surface area contributed by atoms with Crippen LogP contribution >= 0.6 is 0 Å². The second kappa shape index (κ2) is 11.7. The molecule has 7 heteroatoms. The minimum Gasteiger partial charge on any atom is -0.327 e. The van der Waals surface area contributed by atoms with E-state index in [0.29, 0.717) is 19.1 Å². The fraction of sp³-hybridized carbons (Fsp3) is 0.394. The largest absolute Gasteiger partial charge is 0.329 e. The van der Waals surface area contributed by atoms with Gasteiger partial charge in [-0.3, -0.25) is 9.13 Å². The number of aromatic nitrogens is 2. The summed E-state index contributed by atoms with van der Waals surface area (Å²) in [6.07, 6.45) is 4.95. The van der Waals surface area contributed by atoms with E-state index in [1.807, 2.05) is 62.6 Å². The Morgan fingerprint density at radius 1 is 0.825 bits per heavy atom. The van der Waals surface area contributed by atoms with Crippen LogP contribution in [0.3, 0.4) is 0 Å². The Morgan fingerprint density at radius 3 is 2.02 bits per heavy atom. The summed E-state index contributed by atoms with van der Waals surface area (Å²) < 4.78 is 3.98. The van der Waals surface area contributed by atoms with Crippen LogP contribution in [-0.4, -0.2) is 57.7 Å². The first-order valence-corrected chi connectivity index (χ1v) is 14.7. The first-order chi connectivity index (χ1) is 19.6. The van der Waals surface area contributed by atoms with Crippen molar-refractivity contribution >= 4 is 17.1 Å². The average molecular weight is 538 g/mol. The number of carbonyl (C=O) groups excluding carboxylic acids is 1. The molecule has 7 nitrogen and oxygen atoms in total. The summed E-state index contributed by atoms with van der Waals surface area (Å²) in [5.41, 5.74) is 4.21. The zero-order valence-corrected chi connectivity index (χ0v) is 23.3. The number of benzene rings is 3. The van der Waals surface area contributed by atoms with Gasteiger partial charge in [-0.05, 0) is 69.0 Å². The third-order valence-corrected chi connectivity index (χ3v) is 8.88. The van der Waals surface area contributed by atoms with Gasteiger partial charge in [0.15, 0.2) is 0 Å². The van der Waals surface area contributed by atoms with Gasteiger partial charge >= 0.3 is 11.7 Å². The molecule has 4 aromatic rings. The number of nitrogens with zero attached hydrogens (tertiary/aromatic N) is 4. The lowest BCUT2D eigenvalue weighted by molar-refractivity contribution is 0.169. The molecular formula is C33H39N5O2. The van der Waals surface area contributed by atoms with Gasteiger partial charge in [0.1, 0.15) is 0 Å². The van der Waals surface area contributed by atoms with Gasteiger partial charge in [-0.25, -0.2) is 9.59 Å². The van der Waals surface area contributed by atoms with Crippen LogP contribution in [0, 0.1) is 0 Å². The maximum absolute atomic E-state index is 13.8. The van der Waals surface area contributed by atoms with Gasteiger partial charge in [-0.1, -0.05) is 72.8 Å². The van der Waals surface area contributed by atoms with Crippen LogP contribution in [0.25, 0.3) is 11.0 Å². The van der Waals surface area contributed by atoms with Gasteiger partial charge in [-0.2, -0.15) is 0 Å². The molecule has 1 aromatic heterocycles. The molecule has 1 unspecified atom stereocenters. The van der Waals surface area contributed by atoms with Gasteiger partial charge in [-0.15, -0.1) is 0 Å². The molecule has 2 aliphatic heterocycles. The van der Waals surface area contributed by atoms with Crippen molar-refractivity contribution in [1.29, 1.82) is 0 Å². The van der Waals surface area contributed by atoms with Crippen molar-refractivity contribution in [2.45, 2.75) is 56.8 Å². The molecule has 0 saturated carbocycles. The molecule has 2 saturated heterocycles. The minimum atomic E-state index is -0.216. The van der Waals surface area contributed by atoms with E-state index in [9.17, 15) is 9.59 Å². The molecule has 40 heavy (non-hydrogen) atoms. The van der Waals surface area contributed by atoms with Crippen LogP contribution in [0.4, 0.5) is 4.79 Å². The quantitative estimate of drug-likeness (QED) is 0.342. The number of imidazole rings is 1. The normalized spacial score (nSPS) is 18.6. The molecule has 3 heterocycles. The highest BCUT2D eigenvalue weighted by molar-refractivity contribution is 5.77. The summed E-state index contributed by atoms with van der Waals surface area (Å²) >= 11 is 0. The molecule has 0 spiro atoms. The SMILES string of the molecule is CN1CCCC1CCn1c(=O)n(C2CCN(C(=O)NC(c3ccccc3)c3ccccc3)CC2)c2ccccc21. The predicted molar refractivity (Wildman–Crippen MR) is 160 cm³/mol. The summed E-state index contributed by atoms with van der Waals surface area (Å²) in [4.78, 5) is 31.5. The van der Waals surface area contributed by atoms with Crippen molar-refractivity contribution in [3.05, 3.63) is 107 Å². The van der Waals surface area contributed by atoms with E-state index < -0.39 is 0 Å². The second-order valence-corrected chi connectivity index (χ2v) is 11.3. The van der Waals surface area contributed by atoms with Crippen molar-refractivity contribution in [2.75, 3.05) is 26.7 Å². The fourth-order valence-electron chi connectivity index (χ4n) is 6.62. The van der Waals surface area contributed by atoms with Crippen LogP contribution in [0.1, 0.15) is 55.3 Å². The summed E-state index contributed by atoms with van der Waals surface area (Å²) in [6.45, 7) is 3.12. The van der Waals surface area contributed by atoms with E-state index >= 15 is 0 Å².